The first-order valence-corrected chi connectivity index (χ1v) is 29.1. The van der Waals surface area contributed by atoms with Crippen LogP contribution in [0.1, 0.15) is 264 Å². The number of rotatable bonds is 52. The molecule has 0 spiro atoms. The molecule has 380 valence electrons. The fraction of sp³-hybridized carbons (Fsp3) is 0.909. The summed E-state index contributed by atoms with van der Waals surface area (Å²) in [6, 6.07) is 0. The molecule has 0 radical (unpaired) electrons. The van der Waals surface area contributed by atoms with E-state index < -0.39 is 13.9 Å². The van der Waals surface area contributed by atoms with Crippen LogP contribution in [0.3, 0.4) is 0 Å². The molecule has 2 atom stereocenters. The molecule has 0 heterocycles. The normalized spacial score (nSPS) is 13.7. The predicted molar refractivity (Wildman–Crippen MR) is 275 cm³/mol. The second-order valence-corrected chi connectivity index (χ2v) is 21.4. The van der Waals surface area contributed by atoms with E-state index in [1.807, 2.05) is 21.1 Å². The van der Waals surface area contributed by atoms with Crippen LogP contribution in [0.2, 0.25) is 0 Å². The molecule has 0 saturated heterocycles. The van der Waals surface area contributed by atoms with Crippen LogP contribution in [0, 0.1) is 0 Å². The number of allylic oxidation sites excluding steroid dienone is 4. The quantitative estimate of drug-likeness (QED) is 0.0214. The standard InChI is InChI=1S/C55H108NO7P/c1-6-8-10-12-14-16-18-20-22-24-26-27-28-29-30-32-34-36-38-40-42-44-46-48-55(57)63-54(53-62-64(58,59)61-51-49-56(3,4)5)52-60-50-47-45-43-41-39-37-35-33-31-25-23-21-19-17-15-13-11-9-7-2/h23-26,54H,6-22,27-53H2,1-5H3/p+1/b25-23-,26-24-. The molecule has 0 aromatic rings. The van der Waals surface area contributed by atoms with Crippen molar-refractivity contribution in [1.82, 2.24) is 0 Å². The van der Waals surface area contributed by atoms with Crippen molar-refractivity contribution in [3.8, 4) is 0 Å². The third-order valence-corrected chi connectivity index (χ3v) is 13.2. The first kappa shape index (κ1) is 63.0. The molecule has 9 heteroatoms. The van der Waals surface area contributed by atoms with Gasteiger partial charge in [0.05, 0.1) is 34.4 Å². The van der Waals surface area contributed by atoms with E-state index in [1.54, 1.807) is 0 Å². The molecule has 8 nitrogen and oxygen atoms in total. The lowest BCUT2D eigenvalue weighted by Crippen LogP contribution is -2.37. The smallest absolute Gasteiger partial charge is 0.457 e. The van der Waals surface area contributed by atoms with E-state index in [2.05, 4.69) is 38.2 Å². The summed E-state index contributed by atoms with van der Waals surface area (Å²) in [5.41, 5.74) is 0. The molecular formula is C55H109NO7P+. The van der Waals surface area contributed by atoms with Gasteiger partial charge < -0.3 is 18.9 Å². The lowest BCUT2D eigenvalue weighted by atomic mass is 10.0. The summed E-state index contributed by atoms with van der Waals surface area (Å²) in [5, 5.41) is 0. The summed E-state index contributed by atoms with van der Waals surface area (Å²) in [7, 11) is 1.68. The van der Waals surface area contributed by atoms with Gasteiger partial charge in [0.1, 0.15) is 19.3 Å². The summed E-state index contributed by atoms with van der Waals surface area (Å²) in [6.45, 7) is 5.67. The fourth-order valence-electron chi connectivity index (χ4n) is 7.96. The number of ether oxygens (including phenoxy) is 2. The minimum absolute atomic E-state index is 0.0898. The van der Waals surface area contributed by atoms with Crippen molar-refractivity contribution in [3.63, 3.8) is 0 Å². The maximum absolute atomic E-state index is 12.8. The Kier molecular flexibility index (Phi) is 47.7. The van der Waals surface area contributed by atoms with Gasteiger partial charge in [-0.25, -0.2) is 4.57 Å². The maximum atomic E-state index is 12.8. The Labute approximate surface area is 398 Å². The molecule has 0 amide bonds. The van der Waals surface area contributed by atoms with Crippen LogP contribution in [0.5, 0.6) is 0 Å². The Morgan fingerprint density at radius 1 is 0.469 bits per heavy atom. The van der Waals surface area contributed by atoms with Crippen molar-refractivity contribution in [2.75, 3.05) is 54.1 Å². The molecule has 0 fully saturated rings. The van der Waals surface area contributed by atoms with E-state index in [4.69, 9.17) is 18.5 Å². The molecule has 0 aromatic carbocycles. The molecule has 0 aliphatic rings. The van der Waals surface area contributed by atoms with Crippen LogP contribution in [-0.2, 0) is 27.9 Å². The lowest BCUT2D eigenvalue weighted by molar-refractivity contribution is -0.870. The second-order valence-electron chi connectivity index (χ2n) is 20.0. The van der Waals surface area contributed by atoms with Crippen LogP contribution in [0.4, 0.5) is 0 Å². The average molecular weight is 927 g/mol. The molecule has 0 saturated carbocycles. The monoisotopic (exact) mass is 927 g/mol. The van der Waals surface area contributed by atoms with Gasteiger partial charge in [0, 0.05) is 13.0 Å². The average Bonchev–Trinajstić information content (AvgIpc) is 3.25. The van der Waals surface area contributed by atoms with Crippen molar-refractivity contribution in [2.45, 2.75) is 270 Å². The van der Waals surface area contributed by atoms with E-state index in [1.165, 1.54) is 212 Å². The summed E-state index contributed by atoms with van der Waals surface area (Å²) in [4.78, 5) is 23.0. The Hall–Kier alpha value is -1.02. The SMILES string of the molecule is CCCCCCCCC/C=C\CCCCCCCCCCOCC(COP(=O)(O)OCC[N+](C)(C)C)OC(=O)CCCCCCCCCCCCC/C=C\CCCCCCCCCC. The Morgan fingerprint density at radius 3 is 1.19 bits per heavy atom. The van der Waals surface area contributed by atoms with Gasteiger partial charge >= 0.3 is 13.8 Å². The molecule has 2 unspecified atom stereocenters. The number of nitrogens with zero attached hydrogens (tertiary/aromatic N) is 1. The molecule has 64 heavy (non-hydrogen) atoms. The molecule has 0 aromatic heterocycles. The maximum Gasteiger partial charge on any atom is 0.472 e. The van der Waals surface area contributed by atoms with Crippen LogP contribution in [0.25, 0.3) is 0 Å². The van der Waals surface area contributed by atoms with Crippen LogP contribution < -0.4 is 0 Å². The minimum atomic E-state index is -4.28. The highest BCUT2D eigenvalue weighted by molar-refractivity contribution is 7.47. The zero-order chi connectivity index (χ0) is 46.9. The van der Waals surface area contributed by atoms with Gasteiger partial charge in [-0.3, -0.25) is 13.8 Å². The molecule has 1 N–H and O–H groups in total. The van der Waals surface area contributed by atoms with E-state index in [0.717, 1.165) is 32.1 Å². The molecular weight excluding hydrogens is 818 g/mol. The van der Waals surface area contributed by atoms with Crippen molar-refractivity contribution in [2.24, 2.45) is 0 Å². The van der Waals surface area contributed by atoms with Gasteiger partial charge in [-0.05, 0) is 64.2 Å². The van der Waals surface area contributed by atoms with Crippen LogP contribution in [0.15, 0.2) is 24.3 Å². The number of carbonyl (C=O) groups excluding carboxylic acids is 1. The topological polar surface area (TPSA) is 91.3 Å². The van der Waals surface area contributed by atoms with Gasteiger partial charge in [0.25, 0.3) is 0 Å². The van der Waals surface area contributed by atoms with Gasteiger partial charge in [-0.1, -0.05) is 218 Å². The highest BCUT2D eigenvalue weighted by Gasteiger charge is 2.26. The highest BCUT2D eigenvalue weighted by Crippen LogP contribution is 2.43. The van der Waals surface area contributed by atoms with Crippen molar-refractivity contribution < 1.29 is 37.3 Å². The van der Waals surface area contributed by atoms with Gasteiger partial charge in [0.15, 0.2) is 0 Å². The van der Waals surface area contributed by atoms with E-state index in [-0.39, 0.29) is 25.8 Å². The minimum Gasteiger partial charge on any atom is -0.457 e. The molecule has 0 aliphatic carbocycles. The predicted octanol–water partition coefficient (Wildman–Crippen LogP) is 17.1. The van der Waals surface area contributed by atoms with Gasteiger partial charge in [-0.15, -0.1) is 0 Å². The number of carbonyl (C=O) groups is 1. The number of hydrogen-bond acceptors (Lipinski definition) is 6. The summed E-state index contributed by atoms with van der Waals surface area (Å²) >= 11 is 0. The summed E-state index contributed by atoms with van der Waals surface area (Å²) in [6.07, 6.45) is 58.0. The number of unbranched alkanes of at least 4 members (excludes halogenated alkanes) is 34. The van der Waals surface area contributed by atoms with Crippen molar-refractivity contribution >= 4 is 13.8 Å². The van der Waals surface area contributed by atoms with Crippen LogP contribution in [-0.4, -0.2) is 75.6 Å². The van der Waals surface area contributed by atoms with E-state index >= 15 is 0 Å². The van der Waals surface area contributed by atoms with Gasteiger partial charge in [-0.2, -0.15) is 0 Å². The zero-order valence-corrected chi connectivity index (χ0v) is 44.2. The Balaban J connectivity index is 4.08. The third-order valence-electron chi connectivity index (χ3n) is 12.2. The Bertz CT molecular complexity index is 1080. The van der Waals surface area contributed by atoms with Crippen molar-refractivity contribution in [3.05, 3.63) is 24.3 Å². The number of phosphoric acid groups is 1. The number of esters is 1. The second kappa shape index (κ2) is 48.4. The number of hydrogen-bond donors (Lipinski definition) is 1. The summed E-state index contributed by atoms with van der Waals surface area (Å²) < 4.78 is 35.2. The lowest BCUT2D eigenvalue weighted by Gasteiger charge is -2.24. The molecule has 0 rings (SSSR count). The third kappa shape index (κ3) is 52.0. The fourth-order valence-corrected chi connectivity index (χ4v) is 8.70. The Morgan fingerprint density at radius 2 is 0.812 bits per heavy atom. The highest BCUT2D eigenvalue weighted by atomic mass is 31.2. The zero-order valence-electron chi connectivity index (χ0n) is 43.3. The number of quaternary nitrogens is 1. The first-order valence-electron chi connectivity index (χ1n) is 27.6. The van der Waals surface area contributed by atoms with E-state index in [9.17, 15) is 14.3 Å². The van der Waals surface area contributed by atoms with Gasteiger partial charge in [0.2, 0.25) is 0 Å². The molecule has 0 bridgehead atoms. The van der Waals surface area contributed by atoms with Crippen molar-refractivity contribution in [1.29, 1.82) is 0 Å². The largest absolute Gasteiger partial charge is 0.472 e. The number of likely N-dealkylation sites (N-methyl/N-ethyl adjacent to an activating group) is 1. The summed E-state index contributed by atoms with van der Waals surface area (Å²) in [5.74, 6) is -0.311. The van der Waals surface area contributed by atoms with Crippen LogP contribution >= 0.6 is 7.82 Å². The number of phosphoric ester groups is 1. The van der Waals surface area contributed by atoms with E-state index in [0.29, 0.717) is 24.1 Å². The molecule has 0 aliphatic heterocycles. The first-order chi connectivity index (χ1) is 31.1.